The SMILES string of the molecule is COc1ccccc1CN(CC1CCNCC1)C1CC1.Cl. The third kappa shape index (κ3) is 4.60. The van der Waals surface area contributed by atoms with E-state index in [1.807, 2.05) is 0 Å². The van der Waals surface area contributed by atoms with Gasteiger partial charge >= 0.3 is 0 Å². The molecule has 2 aliphatic rings. The van der Waals surface area contributed by atoms with E-state index in [1.54, 1.807) is 7.11 Å². The van der Waals surface area contributed by atoms with Crippen LogP contribution in [0.25, 0.3) is 0 Å². The topological polar surface area (TPSA) is 24.5 Å². The van der Waals surface area contributed by atoms with E-state index in [0.717, 1.165) is 24.3 Å². The number of ether oxygens (including phenoxy) is 1. The summed E-state index contributed by atoms with van der Waals surface area (Å²) in [6.45, 7) is 4.68. The van der Waals surface area contributed by atoms with Gasteiger partial charge in [0.15, 0.2) is 0 Å². The number of nitrogens with one attached hydrogen (secondary N) is 1. The number of nitrogens with zero attached hydrogens (tertiary/aromatic N) is 1. The van der Waals surface area contributed by atoms with Gasteiger partial charge in [0, 0.05) is 24.7 Å². The smallest absolute Gasteiger partial charge is 0.123 e. The van der Waals surface area contributed by atoms with Gasteiger partial charge in [-0.2, -0.15) is 0 Å². The number of methoxy groups -OCH3 is 1. The highest BCUT2D eigenvalue weighted by molar-refractivity contribution is 5.85. The number of rotatable bonds is 6. The Morgan fingerprint density at radius 1 is 1.14 bits per heavy atom. The molecule has 0 radical (unpaired) electrons. The fraction of sp³-hybridized carbons (Fsp3) is 0.647. The molecule has 21 heavy (non-hydrogen) atoms. The van der Waals surface area contributed by atoms with E-state index >= 15 is 0 Å². The molecule has 1 aliphatic heterocycles. The first-order valence-corrected chi connectivity index (χ1v) is 7.93. The van der Waals surface area contributed by atoms with Gasteiger partial charge in [-0.05, 0) is 50.8 Å². The van der Waals surface area contributed by atoms with Gasteiger partial charge in [-0.15, -0.1) is 12.4 Å². The quantitative estimate of drug-likeness (QED) is 0.874. The Hall–Kier alpha value is -0.770. The second-order valence-electron chi connectivity index (χ2n) is 6.17. The van der Waals surface area contributed by atoms with Gasteiger partial charge in [0.25, 0.3) is 0 Å². The van der Waals surface area contributed by atoms with Crippen LogP contribution in [0.4, 0.5) is 0 Å². The van der Waals surface area contributed by atoms with Crippen molar-refractivity contribution in [3.63, 3.8) is 0 Å². The maximum atomic E-state index is 5.50. The van der Waals surface area contributed by atoms with Crippen LogP contribution >= 0.6 is 12.4 Å². The second-order valence-corrected chi connectivity index (χ2v) is 6.17. The number of para-hydroxylation sites is 1. The Labute approximate surface area is 134 Å². The molecule has 1 heterocycles. The van der Waals surface area contributed by atoms with Gasteiger partial charge in [0.2, 0.25) is 0 Å². The molecule has 0 spiro atoms. The van der Waals surface area contributed by atoms with E-state index in [9.17, 15) is 0 Å². The molecular weight excluding hydrogens is 284 g/mol. The molecule has 3 nitrogen and oxygen atoms in total. The van der Waals surface area contributed by atoms with Crippen molar-refractivity contribution >= 4 is 12.4 Å². The van der Waals surface area contributed by atoms with Crippen LogP contribution in [-0.2, 0) is 6.54 Å². The van der Waals surface area contributed by atoms with Crippen LogP contribution in [0.5, 0.6) is 5.75 Å². The molecule has 3 rings (SSSR count). The highest BCUT2D eigenvalue weighted by atomic mass is 35.5. The highest BCUT2D eigenvalue weighted by Gasteiger charge is 2.31. The van der Waals surface area contributed by atoms with Crippen molar-refractivity contribution in [3.8, 4) is 5.75 Å². The maximum absolute atomic E-state index is 5.50. The number of hydrogen-bond donors (Lipinski definition) is 1. The second kappa shape index (κ2) is 8.02. The highest BCUT2D eigenvalue weighted by Crippen LogP contribution is 2.32. The zero-order valence-electron chi connectivity index (χ0n) is 12.9. The van der Waals surface area contributed by atoms with E-state index in [-0.39, 0.29) is 12.4 Å². The molecule has 1 saturated heterocycles. The van der Waals surface area contributed by atoms with E-state index in [0.29, 0.717) is 0 Å². The van der Waals surface area contributed by atoms with Crippen LogP contribution in [0.15, 0.2) is 24.3 Å². The van der Waals surface area contributed by atoms with Crippen molar-refractivity contribution in [2.75, 3.05) is 26.7 Å². The van der Waals surface area contributed by atoms with Crippen molar-refractivity contribution < 1.29 is 4.74 Å². The average Bonchev–Trinajstić information content (AvgIpc) is 3.33. The summed E-state index contributed by atoms with van der Waals surface area (Å²) >= 11 is 0. The lowest BCUT2D eigenvalue weighted by atomic mass is 9.97. The lowest BCUT2D eigenvalue weighted by molar-refractivity contribution is 0.188. The first-order valence-electron chi connectivity index (χ1n) is 7.93. The molecule has 0 bridgehead atoms. The first-order chi connectivity index (χ1) is 9.86. The number of hydrogen-bond acceptors (Lipinski definition) is 3. The fourth-order valence-electron chi connectivity index (χ4n) is 3.23. The minimum absolute atomic E-state index is 0. The monoisotopic (exact) mass is 310 g/mol. The van der Waals surface area contributed by atoms with E-state index in [2.05, 4.69) is 34.5 Å². The van der Waals surface area contributed by atoms with Gasteiger partial charge in [-0.25, -0.2) is 0 Å². The summed E-state index contributed by atoms with van der Waals surface area (Å²) in [7, 11) is 1.77. The summed E-state index contributed by atoms with van der Waals surface area (Å²) in [6, 6.07) is 9.26. The van der Waals surface area contributed by atoms with Crippen molar-refractivity contribution in [3.05, 3.63) is 29.8 Å². The molecule has 0 aromatic heterocycles. The van der Waals surface area contributed by atoms with E-state index < -0.39 is 0 Å². The third-order valence-electron chi connectivity index (χ3n) is 4.58. The van der Waals surface area contributed by atoms with E-state index in [4.69, 9.17) is 4.74 Å². The molecule has 1 aliphatic carbocycles. The predicted octanol–water partition coefficient (Wildman–Crippen LogP) is 3.08. The Bertz CT molecular complexity index is 431. The fourth-order valence-corrected chi connectivity index (χ4v) is 3.23. The van der Waals surface area contributed by atoms with Crippen LogP contribution < -0.4 is 10.1 Å². The van der Waals surface area contributed by atoms with Crippen molar-refractivity contribution in [1.82, 2.24) is 10.2 Å². The standard InChI is InChI=1S/C17H26N2O.ClH/c1-20-17-5-3-2-4-15(17)13-19(16-6-7-16)12-14-8-10-18-11-9-14;/h2-5,14,16,18H,6-13H2,1H3;1H. The van der Waals surface area contributed by atoms with Gasteiger partial charge < -0.3 is 10.1 Å². The largest absolute Gasteiger partial charge is 0.496 e. The number of piperidine rings is 1. The predicted molar refractivity (Wildman–Crippen MR) is 89.3 cm³/mol. The van der Waals surface area contributed by atoms with Crippen LogP contribution in [0.2, 0.25) is 0 Å². The summed E-state index contributed by atoms with van der Waals surface area (Å²) in [5.74, 6) is 1.90. The zero-order chi connectivity index (χ0) is 13.8. The molecule has 0 amide bonds. The first kappa shape index (κ1) is 16.6. The maximum Gasteiger partial charge on any atom is 0.123 e. The molecule has 1 aromatic carbocycles. The lowest BCUT2D eigenvalue weighted by Crippen LogP contribution is -2.37. The molecule has 0 atom stereocenters. The molecule has 1 N–H and O–H groups in total. The Balaban J connectivity index is 0.00000161. The van der Waals surface area contributed by atoms with Gasteiger partial charge in [0.1, 0.15) is 5.75 Å². The molecule has 118 valence electrons. The van der Waals surface area contributed by atoms with Crippen molar-refractivity contribution in [1.29, 1.82) is 0 Å². The van der Waals surface area contributed by atoms with Gasteiger partial charge in [-0.1, -0.05) is 18.2 Å². The summed E-state index contributed by atoms with van der Waals surface area (Å²) in [5, 5.41) is 3.46. The Kier molecular flexibility index (Phi) is 6.34. The van der Waals surface area contributed by atoms with E-state index in [1.165, 1.54) is 50.9 Å². The molecular formula is C17H27ClN2O. The summed E-state index contributed by atoms with van der Waals surface area (Å²) < 4.78 is 5.50. The average molecular weight is 311 g/mol. The molecule has 0 unspecified atom stereocenters. The molecule has 1 aromatic rings. The molecule has 2 fully saturated rings. The molecule has 1 saturated carbocycles. The van der Waals surface area contributed by atoms with Crippen molar-refractivity contribution in [2.24, 2.45) is 5.92 Å². The molecule has 4 heteroatoms. The van der Waals surface area contributed by atoms with Crippen LogP contribution in [0.1, 0.15) is 31.2 Å². The van der Waals surface area contributed by atoms with Crippen LogP contribution in [0, 0.1) is 5.92 Å². The summed E-state index contributed by atoms with van der Waals surface area (Å²) in [6.07, 6.45) is 5.41. The number of benzene rings is 1. The summed E-state index contributed by atoms with van der Waals surface area (Å²) in [5.41, 5.74) is 1.33. The Morgan fingerprint density at radius 2 is 1.86 bits per heavy atom. The van der Waals surface area contributed by atoms with Crippen molar-refractivity contribution in [2.45, 2.75) is 38.3 Å². The lowest BCUT2D eigenvalue weighted by Gasteiger charge is -2.30. The van der Waals surface area contributed by atoms with Crippen LogP contribution in [-0.4, -0.2) is 37.7 Å². The normalized spacial score (nSPS) is 19.3. The minimum Gasteiger partial charge on any atom is -0.496 e. The number of halogens is 1. The van der Waals surface area contributed by atoms with Gasteiger partial charge in [-0.3, -0.25) is 4.90 Å². The third-order valence-corrected chi connectivity index (χ3v) is 4.58. The zero-order valence-corrected chi connectivity index (χ0v) is 13.7. The van der Waals surface area contributed by atoms with Gasteiger partial charge in [0.05, 0.1) is 7.11 Å². The Morgan fingerprint density at radius 3 is 2.52 bits per heavy atom. The summed E-state index contributed by atoms with van der Waals surface area (Å²) in [4.78, 5) is 2.69. The van der Waals surface area contributed by atoms with Crippen LogP contribution in [0.3, 0.4) is 0 Å². The minimum atomic E-state index is 0.